The molecule has 1 rings (SSSR count). The first-order chi connectivity index (χ1) is 4.39. The Hall–Kier alpha value is -0.690. The van der Waals surface area contributed by atoms with Crippen LogP contribution in [0.4, 0.5) is 0 Å². The van der Waals surface area contributed by atoms with Crippen LogP contribution in [0, 0.1) is 0 Å². The molecule has 0 radical (unpaired) electrons. The summed E-state index contributed by atoms with van der Waals surface area (Å²) in [6, 6.07) is 9.79. The van der Waals surface area contributed by atoms with Gasteiger partial charge >= 0.3 is 0 Å². The molecule has 0 unspecified atom stereocenters. The molecule has 9 heavy (non-hydrogen) atoms. The molecule has 0 amide bonds. The van der Waals surface area contributed by atoms with Gasteiger partial charge in [0.2, 0.25) is 0 Å². The van der Waals surface area contributed by atoms with Crippen molar-refractivity contribution in [3.8, 4) is 0 Å². The van der Waals surface area contributed by atoms with E-state index in [2.05, 4.69) is 25.8 Å². The Morgan fingerprint density at radius 2 is 1.44 bits per heavy atom. The highest BCUT2D eigenvalue weighted by Gasteiger charge is 1.73. The van der Waals surface area contributed by atoms with Crippen molar-refractivity contribution in [2.75, 3.05) is 0 Å². The quantitative estimate of drug-likeness (QED) is 0.413. The molecule has 0 saturated carbocycles. The predicted octanol–water partition coefficient (Wildman–Crippen LogP) is 2.78. The van der Waals surface area contributed by atoms with E-state index in [0.29, 0.717) is 0 Å². The van der Waals surface area contributed by atoms with Crippen LogP contribution in [0.5, 0.6) is 0 Å². The third-order valence-electron chi connectivity index (χ3n) is 0.756. The van der Waals surface area contributed by atoms with E-state index in [1.165, 1.54) is 0 Å². The lowest BCUT2D eigenvalue weighted by Crippen LogP contribution is -1.56. The van der Waals surface area contributed by atoms with E-state index in [0.717, 1.165) is 4.90 Å². The van der Waals surface area contributed by atoms with Crippen molar-refractivity contribution in [2.24, 2.45) is 0 Å². The fourth-order valence-corrected chi connectivity index (χ4v) is 0.600. The van der Waals surface area contributed by atoms with Crippen molar-refractivity contribution >= 4 is 12.6 Å². The van der Waals surface area contributed by atoms with Crippen LogP contribution in [0.3, 0.4) is 0 Å². The Morgan fingerprint density at radius 3 is 1.67 bits per heavy atom. The van der Waals surface area contributed by atoms with Gasteiger partial charge < -0.3 is 0 Å². The maximum Gasteiger partial charge on any atom is 0.00399 e. The summed E-state index contributed by atoms with van der Waals surface area (Å²) in [5, 5.41) is 0. The number of benzene rings is 1. The minimum Gasteiger partial charge on any atom is -0.143 e. The van der Waals surface area contributed by atoms with Crippen LogP contribution in [-0.4, -0.2) is 0 Å². The van der Waals surface area contributed by atoms with Gasteiger partial charge in [-0.2, -0.15) is 0 Å². The van der Waals surface area contributed by atoms with Crippen LogP contribution in [0.1, 0.15) is 0 Å². The zero-order valence-electron chi connectivity index (χ0n) is 5.25. The van der Waals surface area contributed by atoms with Crippen LogP contribution in [-0.2, 0) is 0 Å². The Labute approximate surface area is 61.6 Å². The Morgan fingerprint density at radius 1 is 1.00 bits per heavy atom. The van der Waals surface area contributed by atoms with Gasteiger partial charge in [-0.15, -0.1) is 25.8 Å². The van der Waals surface area contributed by atoms with Crippen LogP contribution >= 0.6 is 12.6 Å². The predicted molar refractivity (Wildman–Crippen MR) is 44.9 cm³/mol. The van der Waals surface area contributed by atoms with Gasteiger partial charge in [0.15, 0.2) is 0 Å². The molecule has 48 valence electrons. The lowest BCUT2D eigenvalue weighted by atomic mass is 10.4. The summed E-state index contributed by atoms with van der Waals surface area (Å²) >= 11 is 4.08. The molecule has 0 saturated heterocycles. The first kappa shape index (κ1) is 8.31. The molecule has 0 fully saturated rings. The smallest absolute Gasteiger partial charge is 0.00399 e. The van der Waals surface area contributed by atoms with Crippen LogP contribution in [0.15, 0.2) is 48.4 Å². The molecule has 0 N–H and O–H groups in total. The second-order valence-corrected chi connectivity index (χ2v) is 1.85. The second-order valence-electron chi connectivity index (χ2n) is 1.34. The van der Waals surface area contributed by atoms with Gasteiger partial charge in [0.25, 0.3) is 0 Å². The molecule has 0 aliphatic rings. The van der Waals surface area contributed by atoms with E-state index in [1.54, 1.807) is 0 Å². The molecule has 0 atom stereocenters. The zero-order valence-corrected chi connectivity index (χ0v) is 6.14. The monoisotopic (exact) mass is 138 g/mol. The highest BCUT2D eigenvalue weighted by Crippen LogP contribution is 2.00. The third kappa shape index (κ3) is 3.86. The molecule has 1 aromatic carbocycles. The second kappa shape index (κ2) is 5.45. The van der Waals surface area contributed by atoms with Gasteiger partial charge in [-0.05, 0) is 12.1 Å². The molecule has 0 aliphatic heterocycles. The van der Waals surface area contributed by atoms with Gasteiger partial charge in [-0.3, -0.25) is 0 Å². The molecular formula is C8H10S. The summed E-state index contributed by atoms with van der Waals surface area (Å²) in [7, 11) is 0. The van der Waals surface area contributed by atoms with E-state index in [9.17, 15) is 0 Å². The fraction of sp³-hybridized carbons (Fsp3) is 0. The average Bonchev–Trinajstić information content (AvgIpc) is 1.94. The number of rotatable bonds is 0. The molecule has 0 bridgehead atoms. The minimum atomic E-state index is 1.02. The highest BCUT2D eigenvalue weighted by molar-refractivity contribution is 7.80. The normalized spacial score (nSPS) is 7.22. The largest absolute Gasteiger partial charge is 0.143 e. The van der Waals surface area contributed by atoms with E-state index in [4.69, 9.17) is 0 Å². The Bertz CT molecular complexity index is 146. The fourth-order valence-electron chi connectivity index (χ4n) is 0.428. The van der Waals surface area contributed by atoms with Crippen molar-refractivity contribution in [3.63, 3.8) is 0 Å². The summed E-state index contributed by atoms with van der Waals surface area (Å²) in [6.07, 6.45) is 0. The van der Waals surface area contributed by atoms with Crippen molar-refractivity contribution < 1.29 is 0 Å². The zero-order chi connectivity index (χ0) is 7.11. The molecule has 0 aliphatic carbocycles. The summed E-state index contributed by atoms with van der Waals surface area (Å²) in [5.41, 5.74) is 0. The van der Waals surface area contributed by atoms with E-state index < -0.39 is 0 Å². The molecule has 0 nitrogen and oxygen atoms in total. The molecule has 0 spiro atoms. The van der Waals surface area contributed by atoms with Crippen LogP contribution < -0.4 is 0 Å². The van der Waals surface area contributed by atoms with Crippen LogP contribution in [0.2, 0.25) is 0 Å². The standard InChI is InChI=1S/C6H6S.C2H4/c7-6-4-2-1-3-5-6;1-2/h1-5,7H;1-2H2. The molecule has 1 heteroatoms. The van der Waals surface area contributed by atoms with Crippen molar-refractivity contribution in [2.45, 2.75) is 4.90 Å². The Balaban J connectivity index is 0.000000291. The Kier molecular flexibility index (Phi) is 5.03. The van der Waals surface area contributed by atoms with Gasteiger partial charge in [0, 0.05) is 4.90 Å². The van der Waals surface area contributed by atoms with Crippen molar-refractivity contribution in [3.05, 3.63) is 43.5 Å². The number of hydrogen-bond acceptors (Lipinski definition) is 1. The SMILES string of the molecule is C=C.Sc1ccccc1. The summed E-state index contributed by atoms with van der Waals surface area (Å²) in [4.78, 5) is 1.02. The topological polar surface area (TPSA) is 0 Å². The molecular weight excluding hydrogens is 128 g/mol. The molecule has 0 heterocycles. The number of thiol groups is 1. The maximum absolute atomic E-state index is 4.08. The maximum atomic E-state index is 4.08. The lowest BCUT2D eigenvalue weighted by Gasteiger charge is -1.81. The minimum absolute atomic E-state index is 1.02. The van der Waals surface area contributed by atoms with Gasteiger partial charge in [-0.1, -0.05) is 18.2 Å². The molecule has 1 aromatic rings. The molecule has 0 aromatic heterocycles. The number of hydrogen-bond donors (Lipinski definition) is 1. The average molecular weight is 138 g/mol. The van der Waals surface area contributed by atoms with Crippen molar-refractivity contribution in [1.29, 1.82) is 0 Å². The van der Waals surface area contributed by atoms with Crippen molar-refractivity contribution in [1.82, 2.24) is 0 Å². The van der Waals surface area contributed by atoms with Gasteiger partial charge in [0.1, 0.15) is 0 Å². The van der Waals surface area contributed by atoms with E-state index in [-0.39, 0.29) is 0 Å². The van der Waals surface area contributed by atoms with E-state index >= 15 is 0 Å². The van der Waals surface area contributed by atoms with E-state index in [1.807, 2.05) is 30.3 Å². The van der Waals surface area contributed by atoms with Gasteiger partial charge in [-0.25, -0.2) is 0 Å². The highest BCUT2D eigenvalue weighted by atomic mass is 32.1. The first-order valence-corrected chi connectivity index (χ1v) is 3.08. The third-order valence-corrected chi connectivity index (χ3v) is 1.05. The first-order valence-electron chi connectivity index (χ1n) is 2.63. The van der Waals surface area contributed by atoms with Gasteiger partial charge in [0.05, 0.1) is 0 Å². The summed E-state index contributed by atoms with van der Waals surface area (Å²) < 4.78 is 0. The van der Waals surface area contributed by atoms with Crippen LogP contribution in [0.25, 0.3) is 0 Å². The summed E-state index contributed by atoms with van der Waals surface area (Å²) in [6.45, 7) is 6.00. The lowest BCUT2D eigenvalue weighted by molar-refractivity contribution is 1.48. The summed E-state index contributed by atoms with van der Waals surface area (Å²) in [5.74, 6) is 0.